The predicted octanol–water partition coefficient (Wildman–Crippen LogP) is 5.95. The van der Waals surface area contributed by atoms with Crippen molar-refractivity contribution in [2.75, 3.05) is 0 Å². The zero-order valence-electron chi connectivity index (χ0n) is 18.5. The minimum absolute atomic E-state index is 0.158. The lowest BCUT2D eigenvalue weighted by atomic mass is 9.59. The maximum absolute atomic E-state index is 11.6. The number of aromatic nitrogens is 3. The average Bonchev–Trinajstić information content (AvgIpc) is 3.16. The molecule has 30 heavy (non-hydrogen) atoms. The quantitative estimate of drug-likeness (QED) is 0.559. The van der Waals surface area contributed by atoms with Crippen LogP contribution in [0.2, 0.25) is 5.02 Å². The summed E-state index contributed by atoms with van der Waals surface area (Å²) in [6, 6.07) is 9.41. The lowest BCUT2D eigenvalue weighted by Crippen LogP contribution is -2.53. The van der Waals surface area contributed by atoms with Gasteiger partial charge in [-0.05, 0) is 62.3 Å². The molecule has 1 fully saturated rings. The number of hydrogen-bond donors (Lipinski definition) is 1. The molecule has 6 heteroatoms. The SMILES string of the molecule is CC[C@@]1(c2nnc3c(Oc4cccc(Cl)c4C)cccn23)C(C)(O)C[C@@H](C)C1(C)C. The van der Waals surface area contributed by atoms with Crippen molar-refractivity contribution in [1.29, 1.82) is 0 Å². The summed E-state index contributed by atoms with van der Waals surface area (Å²) in [5.74, 6) is 2.42. The van der Waals surface area contributed by atoms with Crippen molar-refractivity contribution in [3.63, 3.8) is 0 Å². The molecule has 1 unspecified atom stereocenters. The van der Waals surface area contributed by atoms with Crippen LogP contribution in [0.25, 0.3) is 5.65 Å². The molecule has 0 radical (unpaired) electrons. The number of pyridine rings is 1. The van der Waals surface area contributed by atoms with Gasteiger partial charge in [0.2, 0.25) is 5.65 Å². The fourth-order valence-electron chi connectivity index (χ4n) is 5.74. The molecule has 0 bridgehead atoms. The first-order chi connectivity index (χ1) is 14.1. The first kappa shape index (κ1) is 21.1. The van der Waals surface area contributed by atoms with E-state index in [-0.39, 0.29) is 5.41 Å². The molecule has 0 spiro atoms. The fraction of sp³-hybridized carbons (Fsp3) is 0.500. The summed E-state index contributed by atoms with van der Waals surface area (Å²) in [4.78, 5) is 0. The Morgan fingerprint density at radius 3 is 2.50 bits per heavy atom. The normalized spacial score (nSPS) is 28.2. The van der Waals surface area contributed by atoms with Crippen LogP contribution in [-0.2, 0) is 5.41 Å². The molecule has 4 rings (SSSR count). The van der Waals surface area contributed by atoms with E-state index in [1.807, 2.05) is 54.8 Å². The zero-order chi connectivity index (χ0) is 21.9. The van der Waals surface area contributed by atoms with Crippen molar-refractivity contribution in [1.82, 2.24) is 14.6 Å². The van der Waals surface area contributed by atoms with Crippen molar-refractivity contribution in [3.8, 4) is 11.5 Å². The molecular formula is C24H30ClN3O2. The summed E-state index contributed by atoms with van der Waals surface area (Å²) in [5, 5.41) is 21.4. The second-order valence-electron chi connectivity index (χ2n) is 9.41. The molecule has 160 valence electrons. The van der Waals surface area contributed by atoms with Crippen LogP contribution < -0.4 is 4.74 Å². The molecule has 1 N–H and O–H groups in total. The van der Waals surface area contributed by atoms with Crippen molar-refractivity contribution in [2.24, 2.45) is 11.3 Å². The van der Waals surface area contributed by atoms with Crippen LogP contribution in [0.1, 0.15) is 58.8 Å². The molecule has 0 amide bonds. The molecule has 0 saturated heterocycles. The first-order valence-electron chi connectivity index (χ1n) is 10.6. The highest BCUT2D eigenvalue weighted by molar-refractivity contribution is 6.31. The lowest BCUT2D eigenvalue weighted by Gasteiger charge is -2.47. The average molecular weight is 428 g/mol. The molecule has 3 atom stereocenters. The van der Waals surface area contributed by atoms with Gasteiger partial charge in [0.15, 0.2) is 5.75 Å². The molecule has 1 saturated carbocycles. The second-order valence-corrected chi connectivity index (χ2v) is 9.82. The fourth-order valence-corrected chi connectivity index (χ4v) is 5.91. The van der Waals surface area contributed by atoms with E-state index < -0.39 is 11.0 Å². The highest BCUT2D eigenvalue weighted by Crippen LogP contribution is 2.63. The number of fused-ring (bicyclic) bond motifs is 1. The van der Waals surface area contributed by atoms with Gasteiger partial charge >= 0.3 is 0 Å². The molecule has 2 aromatic heterocycles. The van der Waals surface area contributed by atoms with Crippen LogP contribution in [0.5, 0.6) is 11.5 Å². The van der Waals surface area contributed by atoms with Crippen LogP contribution in [-0.4, -0.2) is 25.3 Å². The molecule has 1 aliphatic rings. The van der Waals surface area contributed by atoms with Crippen LogP contribution in [0.3, 0.4) is 0 Å². The third-order valence-electron chi connectivity index (χ3n) is 7.70. The van der Waals surface area contributed by atoms with E-state index in [0.29, 0.717) is 28.1 Å². The highest BCUT2D eigenvalue weighted by Gasteiger charge is 2.66. The Bertz CT molecular complexity index is 1110. The summed E-state index contributed by atoms with van der Waals surface area (Å²) >= 11 is 6.26. The van der Waals surface area contributed by atoms with Crippen molar-refractivity contribution < 1.29 is 9.84 Å². The molecule has 1 aliphatic carbocycles. The predicted molar refractivity (Wildman–Crippen MR) is 119 cm³/mol. The van der Waals surface area contributed by atoms with Gasteiger partial charge in [0.1, 0.15) is 11.6 Å². The molecule has 0 aliphatic heterocycles. The van der Waals surface area contributed by atoms with Gasteiger partial charge < -0.3 is 9.84 Å². The minimum Gasteiger partial charge on any atom is -0.453 e. The summed E-state index contributed by atoms with van der Waals surface area (Å²) in [5.41, 5.74) is -0.0861. The molecule has 3 aromatic rings. The highest BCUT2D eigenvalue weighted by atomic mass is 35.5. The lowest BCUT2D eigenvalue weighted by molar-refractivity contribution is -0.0414. The Kier molecular flexibility index (Phi) is 4.90. The topological polar surface area (TPSA) is 59.7 Å². The number of hydrogen-bond acceptors (Lipinski definition) is 4. The maximum Gasteiger partial charge on any atom is 0.203 e. The van der Waals surface area contributed by atoms with Crippen molar-refractivity contribution in [2.45, 2.75) is 65.4 Å². The number of halogens is 1. The van der Waals surface area contributed by atoms with Gasteiger partial charge in [0, 0.05) is 16.8 Å². The number of ether oxygens (including phenoxy) is 1. The molecule has 1 aromatic carbocycles. The molecular weight excluding hydrogens is 398 g/mol. The van der Waals surface area contributed by atoms with Crippen LogP contribution in [0.15, 0.2) is 36.5 Å². The first-order valence-corrected chi connectivity index (χ1v) is 10.9. The van der Waals surface area contributed by atoms with E-state index in [0.717, 1.165) is 24.2 Å². The van der Waals surface area contributed by atoms with Gasteiger partial charge in [-0.25, -0.2) is 0 Å². The summed E-state index contributed by atoms with van der Waals surface area (Å²) in [7, 11) is 0. The van der Waals surface area contributed by atoms with Crippen LogP contribution >= 0.6 is 11.6 Å². The van der Waals surface area contributed by atoms with E-state index in [1.165, 1.54) is 0 Å². The maximum atomic E-state index is 11.6. The monoisotopic (exact) mass is 427 g/mol. The van der Waals surface area contributed by atoms with Crippen molar-refractivity contribution >= 4 is 17.2 Å². The number of aliphatic hydroxyl groups is 1. The van der Waals surface area contributed by atoms with E-state index in [1.54, 1.807) is 0 Å². The standard InChI is InChI=1S/C24H30ClN3O2/c1-7-24(22(4,5)15(2)14-23(24,6)29)21-27-26-20-19(12-9-13-28(20)21)30-18-11-8-10-17(25)16(18)3/h8-13,15,29H,7,14H2,1-6H3/t15-,23?,24+/m1/s1. The number of benzene rings is 1. The number of rotatable bonds is 4. The van der Waals surface area contributed by atoms with E-state index in [2.05, 4.69) is 37.9 Å². The van der Waals surface area contributed by atoms with E-state index in [9.17, 15) is 5.11 Å². The minimum atomic E-state index is -0.895. The summed E-state index contributed by atoms with van der Waals surface area (Å²) < 4.78 is 8.18. The Hall–Kier alpha value is -2.11. The molecule has 5 nitrogen and oxygen atoms in total. The summed E-state index contributed by atoms with van der Waals surface area (Å²) in [6.07, 6.45) is 3.44. The van der Waals surface area contributed by atoms with E-state index in [4.69, 9.17) is 16.3 Å². The van der Waals surface area contributed by atoms with Gasteiger partial charge in [-0.3, -0.25) is 4.40 Å². The van der Waals surface area contributed by atoms with E-state index >= 15 is 0 Å². The Morgan fingerprint density at radius 2 is 1.87 bits per heavy atom. The second kappa shape index (κ2) is 6.96. The smallest absolute Gasteiger partial charge is 0.203 e. The van der Waals surface area contributed by atoms with Crippen LogP contribution in [0.4, 0.5) is 0 Å². The Morgan fingerprint density at radius 1 is 1.17 bits per heavy atom. The Labute approximate surface area is 183 Å². The summed E-state index contributed by atoms with van der Waals surface area (Å²) in [6.45, 7) is 12.7. The largest absolute Gasteiger partial charge is 0.453 e. The van der Waals surface area contributed by atoms with Crippen LogP contribution in [0, 0.1) is 18.3 Å². The third-order valence-corrected chi connectivity index (χ3v) is 8.11. The zero-order valence-corrected chi connectivity index (χ0v) is 19.3. The van der Waals surface area contributed by atoms with Gasteiger partial charge in [-0.15, -0.1) is 10.2 Å². The Balaban J connectivity index is 1.89. The number of nitrogens with zero attached hydrogens (tertiary/aromatic N) is 3. The van der Waals surface area contributed by atoms with Gasteiger partial charge in [0.25, 0.3) is 0 Å². The molecule has 2 heterocycles. The van der Waals surface area contributed by atoms with Gasteiger partial charge in [-0.1, -0.05) is 45.4 Å². The van der Waals surface area contributed by atoms with Gasteiger partial charge in [0.05, 0.1) is 11.0 Å². The third kappa shape index (κ3) is 2.71. The van der Waals surface area contributed by atoms with Gasteiger partial charge in [-0.2, -0.15) is 0 Å². The van der Waals surface area contributed by atoms with Crippen molar-refractivity contribution in [3.05, 3.63) is 52.9 Å².